The van der Waals surface area contributed by atoms with Gasteiger partial charge in [0.1, 0.15) is 5.82 Å². The van der Waals surface area contributed by atoms with E-state index >= 15 is 0 Å². The quantitative estimate of drug-likeness (QED) is 0.826. The molecule has 0 amide bonds. The molecule has 19 heavy (non-hydrogen) atoms. The van der Waals surface area contributed by atoms with Gasteiger partial charge in [-0.1, -0.05) is 18.2 Å². The van der Waals surface area contributed by atoms with Gasteiger partial charge in [-0.15, -0.1) is 0 Å². The maximum atomic E-state index is 13.8. The third kappa shape index (κ3) is 3.75. The molecule has 0 radical (unpaired) electrons. The Hall–Kier alpha value is -0.970. The highest BCUT2D eigenvalue weighted by Crippen LogP contribution is 2.23. The molecule has 1 aromatic carbocycles. The van der Waals surface area contributed by atoms with Crippen LogP contribution < -0.4 is 5.32 Å². The van der Waals surface area contributed by atoms with E-state index in [0.717, 1.165) is 19.5 Å². The molecule has 106 valence electrons. The highest BCUT2D eigenvalue weighted by Gasteiger charge is 2.23. The minimum absolute atomic E-state index is 0.0178. The van der Waals surface area contributed by atoms with Crippen LogP contribution in [0.1, 0.15) is 31.4 Å². The monoisotopic (exact) mass is 266 g/mol. The van der Waals surface area contributed by atoms with Crippen LogP contribution in [0.5, 0.6) is 0 Å². The Morgan fingerprint density at radius 2 is 2.26 bits per heavy atom. The first-order valence-electron chi connectivity index (χ1n) is 7.05. The van der Waals surface area contributed by atoms with Gasteiger partial charge in [0.05, 0.1) is 6.61 Å². The summed E-state index contributed by atoms with van der Waals surface area (Å²) in [6.07, 6.45) is 2.36. The van der Waals surface area contributed by atoms with Gasteiger partial charge >= 0.3 is 0 Å². The van der Waals surface area contributed by atoms with E-state index in [9.17, 15) is 9.50 Å². The van der Waals surface area contributed by atoms with Crippen molar-refractivity contribution in [1.82, 2.24) is 10.2 Å². The van der Waals surface area contributed by atoms with Crippen molar-refractivity contribution in [2.75, 3.05) is 26.2 Å². The van der Waals surface area contributed by atoms with Gasteiger partial charge in [0.15, 0.2) is 0 Å². The molecule has 0 bridgehead atoms. The van der Waals surface area contributed by atoms with E-state index in [-0.39, 0.29) is 18.5 Å². The van der Waals surface area contributed by atoms with Gasteiger partial charge in [-0.05, 0) is 32.4 Å². The summed E-state index contributed by atoms with van der Waals surface area (Å²) in [6, 6.07) is 7.33. The average Bonchev–Trinajstić information content (AvgIpc) is 2.91. The molecule has 1 fully saturated rings. The summed E-state index contributed by atoms with van der Waals surface area (Å²) in [6.45, 7) is 4.60. The van der Waals surface area contributed by atoms with Gasteiger partial charge in [-0.3, -0.25) is 4.90 Å². The number of benzene rings is 1. The number of aliphatic hydroxyl groups excluding tert-OH is 1. The number of aliphatic hydroxyl groups is 1. The third-order valence-corrected chi connectivity index (χ3v) is 3.91. The molecule has 1 aromatic rings. The highest BCUT2D eigenvalue weighted by molar-refractivity contribution is 5.20. The molecule has 0 aromatic heterocycles. The van der Waals surface area contributed by atoms with Crippen molar-refractivity contribution >= 4 is 0 Å². The molecular weight excluding hydrogens is 243 g/mol. The normalized spacial score (nSPS) is 20.9. The van der Waals surface area contributed by atoms with Crippen LogP contribution in [-0.4, -0.2) is 42.3 Å². The van der Waals surface area contributed by atoms with E-state index in [0.29, 0.717) is 18.2 Å². The molecule has 1 heterocycles. The second-order valence-corrected chi connectivity index (χ2v) is 5.21. The number of halogens is 1. The lowest BCUT2D eigenvalue weighted by atomic mass is 10.1. The molecule has 2 atom stereocenters. The fourth-order valence-electron chi connectivity index (χ4n) is 2.78. The summed E-state index contributed by atoms with van der Waals surface area (Å²) in [4.78, 5) is 2.15. The smallest absolute Gasteiger partial charge is 0.127 e. The van der Waals surface area contributed by atoms with Crippen LogP contribution in [0.15, 0.2) is 24.3 Å². The third-order valence-electron chi connectivity index (χ3n) is 3.91. The summed E-state index contributed by atoms with van der Waals surface area (Å²) in [5.41, 5.74) is 0.703. The molecule has 0 saturated carbocycles. The lowest BCUT2D eigenvalue weighted by Gasteiger charge is -2.31. The van der Waals surface area contributed by atoms with Crippen LogP contribution in [0.3, 0.4) is 0 Å². The maximum Gasteiger partial charge on any atom is 0.127 e. The van der Waals surface area contributed by atoms with Crippen molar-refractivity contribution < 1.29 is 9.50 Å². The van der Waals surface area contributed by atoms with Crippen LogP contribution in [0, 0.1) is 5.82 Å². The van der Waals surface area contributed by atoms with Gasteiger partial charge in [-0.2, -0.15) is 0 Å². The fraction of sp³-hybridized carbons (Fsp3) is 0.600. The molecular formula is C15H23FN2O. The van der Waals surface area contributed by atoms with Gasteiger partial charge < -0.3 is 10.4 Å². The Kier molecular flexibility index (Phi) is 5.31. The summed E-state index contributed by atoms with van der Waals surface area (Å²) < 4.78 is 13.8. The minimum atomic E-state index is -0.169. The Morgan fingerprint density at radius 3 is 2.89 bits per heavy atom. The lowest BCUT2D eigenvalue weighted by molar-refractivity contribution is 0.145. The number of hydrogen-bond donors (Lipinski definition) is 2. The van der Waals surface area contributed by atoms with E-state index in [1.807, 2.05) is 19.1 Å². The predicted molar refractivity (Wildman–Crippen MR) is 74.5 cm³/mol. The number of hydrogen-bond acceptors (Lipinski definition) is 3. The number of nitrogens with zero attached hydrogens (tertiary/aromatic N) is 1. The zero-order valence-electron chi connectivity index (χ0n) is 11.5. The first kappa shape index (κ1) is 14.4. The van der Waals surface area contributed by atoms with Crippen LogP contribution in [-0.2, 0) is 0 Å². The van der Waals surface area contributed by atoms with Crippen molar-refractivity contribution in [3.05, 3.63) is 35.6 Å². The number of rotatable bonds is 6. The second kappa shape index (κ2) is 6.98. The van der Waals surface area contributed by atoms with Crippen LogP contribution in [0.2, 0.25) is 0 Å². The van der Waals surface area contributed by atoms with Crippen LogP contribution >= 0.6 is 0 Å². The van der Waals surface area contributed by atoms with E-state index in [4.69, 9.17) is 0 Å². The molecule has 1 aliphatic rings. The van der Waals surface area contributed by atoms with Gasteiger partial charge in [0, 0.05) is 30.7 Å². The summed E-state index contributed by atoms with van der Waals surface area (Å²) >= 11 is 0. The zero-order valence-corrected chi connectivity index (χ0v) is 11.5. The van der Waals surface area contributed by atoms with Gasteiger partial charge in [-0.25, -0.2) is 4.39 Å². The molecule has 1 aliphatic heterocycles. The SMILES string of the molecule is CC(c1ccccc1F)N(CCO)CC1CCCN1. The first-order valence-corrected chi connectivity index (χ1v) is 7.05. The Labute approximate surface area is 114 Å². The van der Waals surface area contributed by atoms with Gasteiger partial charge in [0.2, 0.25) is 0 Å². The van der Waals surface area contributed by atoms with Crippen molar-refractivity contribution in [3.8, 4) is 0 Å². The molecule has 2 unspecified atom stereocenters. The molecule has 0 spiro atoms. The van der Waals surface area contributed by atoms with E-state index < -0.39 is 0 Å². The summed E-state index contributed by atoms with van der Waals surface area (Å²) in [7, 11) is 0. The molecule has 2 N–H and O–H groups in total. The van der Waals surface area contributed by atoms with Crippen molar-refractivity contribution in [1.29, 1.82) is 0 Å². The first-order chi connectivity index (χ1) is 9.22. The molecule has 4 heteroatoms. The highest BCUT2D eigenvalue weighted by atomic mass is 19.1. The van der Waals surface area contributed by atoms with Crippen LogP contribution in [0.25, 0.3) is 0 Å². The van der Waals surface area contributed by atoms with Crippen molar-refractivity contribution in [2.45, 2.75) is 31.8 Å². The van der Waals surface area contributed by atoms with Crippen LogP contribution in [0.4, 0.5) is 4.39 Å². The Balaban J connectivity index is 2.06. The second-order valence-electron chi connectivity index (χ2n) is 5.21. The van der Waals surface area contributed by atoms with E-state index in [2.05, 4.69) is 10.2 Å². The van der Waals surface area contributed by atoms with Crippen molar-refractivity contribution in [2.24, 2.45) is 0 Å². The number of nitrogens with one attached hydrogen (secondary N) is 1. The lowest BCUT2D eigenvalue weighted by Crippen LogP contribution is -2.40. The molecule has 3 nitrogen and oxygen atoms in total. The molecule has 0 aliphatic carbocycles. The Morgan fingerprint density at radius 1 is 1.47 bits per heavy atom. The van der Waals surface area contributed by atoms with Gasteiger partial charge in [0.25, 0.3) is 0 Å². The van der Waals surface area contributed by atoms with E-state index in [1.54, 1.807) is 6.07 Å². The minimum Gasteiger partial charge on any atom is -0.395 e. The molecule has 2 rings (SSSR count). The predicted octanol–water partition coefficient (Wildman–Crippen LogP) is 1.93. The Bertz CT molecular complexity index is 393. The largest absolute Gasteiger partial charge is 0.395 e. The summed E-state index contributed by atoms with van der Waals surface area (Å²) in [5, 5.41) is 12.7. The topological polar surface area (TPSA) is 35.5 Å². The summed E-state index contributed by atoms with van der Waals surface area (Å²) in [5.74, 6) is -0.169. The van der Waals surface area contributed by atoms with Crippen molar-refractivity contribution in [3.63, 3.8) is 0 Å². The maximum absolute atomic E-state index is 13.8. The average molecular weight is 266 g/mol. The fourth-order valence-corrected chi connectivity index (χ4v) is 2.78. The zero-order chi connectivity index (χ0) is 13.7. The molecule has 1 saturated heterocycles. The van der Waals surface area contributed by atoms with E-state index in [1.165, 1.54) is 12.5 Å². The standard InChI is InChI=1S/C15H23FN2O/c1-12(14-6-2-3-7-15(14)16)18(9-10-19)11-13-5-4-8-17-13/h2-3,6-7,12-13,17,19H,4-5,8-11H2,1H3.